The molecule has 1 aromatic heterocycles. The fourth-order valence-electron chi connectivity index (χ4n) is 3.38. The lowest BCUT2D eigenvalue weighted by Crippen LogP contribution is -2.33. The quantitative estimate of drug-likeness (QED) is 0.844. The van der Waals surface area contributed by atoms with Crippen molar-refractivity contribution in [2.75, 3.05) is 17.2 Å². The van der Waals surface area contributed by atoms with E-state index in [0.29, 0.717) is 12.0 Å². The van der Waals surface area contributed by atoms with Gasteiger partial charge in [0.1, 0.15) is 0 Å². The summed E-state index contributed by atoms with van der Waals surface area (Å²) in [4.78, 5) is 7.19. The van der Waals surface area contributed by atoms with Crippen LogP contribution in [0.2, 0.25) is 0 Å². The highest BCUT2D eigenvalue weighted by Gasteiger charge is 2.28. The lowest BCUT2D eigenvalue weighted by atomic mass is 10.0. The summed E-state index contributed by atoms with van der Waals surface area (Å²) in [6, 6.07) is 8.86. The number of hydrogen-bond acceptors (Lipinski definition) is 3. The van der Waals surface area contributed by atoms with Crippen molar-refractivity contribution in [1.29, 1.82) is 0 Å². The molecule has 3 heteroatoms. The largest absolute Gasteiger partial charge is 0.399 e. The number of nitrogens with two attached hydrogens (primary N) is 1. The van der Waals surface area contributed by atoms with Crippen molar-refractivity contribution in [1.82, 2.24) is 4.98 Å². The van der Waals surface area contributed by atoms with Gasteiger partial charge in [0, 0.05) is 35.0 Å². The van der Waals surface area contributed by atoms with Crippen LogP contribution in [-0.4, -0.2) is 17.6 Å². The number of nitrogens with zero attached hydrogens (tertiary/aromatic N) is 2. The van der Waals surface area contributed by atoms with E-state index in [9.17, 15) is 0 Å². The van der Waals surface area contributed by atoms with Crippen LogP contribution in [0.5, 0.6) is 0 Å². The lowest BCUT2D eigenvalue weighted by Gasteiger charge is -2.31. The Kier molecular flexibility index (Phi) is 3.28. The minimum absolute atomic E-state index is 0.626. The summed E-state index contributed by atoms with van der Waals surface area (Å²) in [6.45, 7) is 7.83. The molecule has 0 radical (unpaired) electrons. The Balaban J connectivity index is 2.17. The molecule has 1 saturated heterocycles. The molecular formula is C17H23N3. The number of anilines is 2. The van der Waals surface area contributed by atoms with Gasteiger partial charge < -0.3 is 10.6 Å². The Hall–Kier alpha value is -1.77. The first kappa shape index (κ1) is 13.2. The molecule has 2 N–H and O–H groups in total. The second kappa shape index (κ2) is 4.97. The van der Waals surface area contributed by atoms with E-state index in [1.165, 1.54) is 23.9 Å². The van der Waals surface area contributed by atoms with E-state index in [4.69, 9.17) is 5.73 Å². The van der Waals surface area contributed by atoms with Gasteiger partial charge in [-0.3, -0.25) is 4.98 Å². The predicted molar refractivity (Wildman–Crippen MR) is 86.1 cm³/mol. The number of rotatable bonds is 2. The zero-order valence-corrected chi connectivity index (χ0v) is 12.6. The topological polar surface area (TPSA) is 42.1 Å². The molecule has 2 heterocycles. The average molecular weight is 269 g/mol. The van der Waals surface area contributed by atoms with Gasteiger partial charge in [-0.25, -0.2) is 0 Å². The molecule has 1 aliphatic heterocycles. The number of pyridine rings is 1. The second-order valence-corrected chi connectivity index (χ2v) is 6.21. The highest BCUT2D eigenvalue weighted by Crippen LogP contribution is 2.35. The summed E-state index contributed by atoms with van der Waals surface area (Å²) in [6.07, 6.45) is 2.55. The van der Waals surface area contributed by atoms with Crippen molar-refractivity contribution in [2.24, 2.45) is 5.92 Å². The van der Waals surface area contributed by atoms with Crippen molar-refractivity contribution < 1.29 is 0 Å². The van der Waals surface area contributed by atoms with Crippen LogP contribution in [0.15, 0.2) is 24.3 Å². The molecule has 0 spiro atoms. The molecular weight excluding hydrogens is 246 g/mol. The standard InChI is InChI=1S/C17H23N3/c1-11(2)16-5-4-8-20(16)17-9-12(3)19-15-7-6-13(18)10-14(15)17/h6-7,9-11,16H,4-5,8,18H2,1-3H3. The van der Waals surface area contributed by atoms with Crippen molar-refractivity contribution in [3.8, 4) is 0 Å². The molecule has 0 amide bonds. The summed E-state index contributed by atoms with van der Waals surface area (Å²) in [5.41, 5.74) is 10.2. The molecule has 20 heavy (non-hydrogen) atoms. The van der Waals surface area contributed by atoms with E-state index < -0.39 is 0 Å². The van der Waals surface area contributed by atoms with E-state index in [1.807, 2.05) is 12.1 Å². The second-order valence-electron chi connectivity index (χ2n) is 6.21. The van der Waals surface area contributed by atoms with Crippen molar-refractivity contribution in [3.05, 3.63) is 30.0 Å². The minimum atomic E-state index is 0.626. The van der Waals surface area contributed by atoms with Gasteiger partial charge in [-0.15, -0.1) is 0 Å². The van der Waals surface area contributed by atoms with Gasteiger partial charge in [0.15, 0.2) is 0 Å². The fraction of sp³-hybridized carbons (Fsp3) is 0.471. The van der Waals surface area contributed by atoms with Gasteiger partial charge in [0.2, 0.25) is 0 Å². The minimum Gasteiger partial charge on any atom is -0.399 e. The number of fused-ring (bicyclic) bond motifs is 1. The molecule has 1 fully saturated rings. The van der Waals surface area contributed by atoms with Crippen LogP contribution in [0, 0.1) is 12.8 Å². The van der Waals surface area contributed by atoms with Crippen LogP contribution >= 0.6 is 0 Å². The Bertz CT molecular complexity index is 633. The maximum absolute atomic E-state index is 5.98. The van der Waals surface area contributed by atoms with Gasteiger partial charge in [-0.2, -0.15) is 0 Å². The summed E-state index contributed by atoms with van der Waals surface area (Å²) in [5, 5.41) is 1.18. The maximum Gasteiger partial charge on any atom is 0.0727 e. The fourth-order valence-corrected chi connectivity index (χ4v) is 3.38. The Morgan fingerprint density at radius 2 is 2.10 bits per heavy atom. The third kappa shape index (κ3) is 2.21. The predicted octanol–water partition coefficient (Wildman–Crippen LogP) is 3.75. The number of aryl methyl sites for hydroxylation is 1. The van der Waals surface area contributed by atoms with E-state index in [0.717, 1.165) is 23.4 Å². The van der Waals surface area contributed by atoms with Crippen LogP contribution in [-0.2, 0) is 0 Å². The highest BCUT2D eigenvalue weighted by molar-refractivity contribution is 5.94. The van der Waals surface area contributed by atoms with E-state index in [1.54, 1.807) is 0 Å². The smallest absolute Gasteiger partial charge is 0.0727 e. The molecule has 0 bridgehead atoms. The third-order valence-electron chi connectivity index (χ3n) is 4.32. The van der Waals surface area contributed by atoms with Crippen LogP contribution in [0.1, 0.15) is 32.4 Å². The first-order chi connectivity index (χ1) is 9.56. The molecule has 1 aliphatic rings. The lowest BCUT2D eigenvalue weighted by molar-refractivity contribution is 0.492. The van der Waals surface area contributed by atoms with E-state index in [-0.39, 0.29) is 0 Å². The summed E-state index contributed by atoms with van der Waals surface area (Å²) in [5.74, 6) is 0.669. The molecule has 1 unspecified atom stereocenters. The summed E-state index contributed by atoms with van der Waals surface area (Å²) < 4.78 is 0. The Labute approximate surface area is 120 Å². The zero-order chi connectivity index (χ0) is 14.3. The van der Waals surface area contributed by atoms with Crippen molar-refractivity contribution >= 4 is 22.3 Å². The number of hydrogen-bond donors (Lipinski definition) is 1. The van der Waals surface area contributed by atoms with Crippen LogP contribution in [0.3, 0.4) is 0 Å². The summed E-state index contributed by atoms with van der Waals surface area (Å²) >= 11 is 0. The number of aromatic nitrogens is 1. The van der Waals surface area contributed by atoms with Gasteiger partial charge in [0.05, 0.1) is 5.52 Å². The number of benzene rings is 1. The van der Waals surface area contributed by atoms with Gasteiger partial charge in [-0.1, -0.05) is 13.8 Å². The monoisotopic (exact) mass is 269 g/mol. The molecule has 106 valence electrons. The average Bonchev–Trinajstić information content (AvgIpc) is 2.87. The van der Waals surface area contributed by atoms with Crippen LogP contribution in [0.4, 0.5) is 11.4 Å². The molecule has 0 aliphatic carbocycles. The Morgan fingerprint density at radius 3 is 2.85 bits per heavy atom. The summed E-state index contributed by atoms with van der Waals surface area (Å²) in [7, 11) is 0. The molecule has 0 saturated carbocycles. The molecule has 1 atom stereocenters. The van der Waals surface area contributed by atoms with Crippen molar-refractivity contribution in [3.63, 3.8) is 0 Å². The maximum atomic E-state index is 5.98. The molecule has 3 rings (SSSR count). The normalized spacial score (nSPS) is 19.2. The van der Waals surface area contributed by atoms with Crippen LogP contribution in [0.25, 0.3) is 10.9 Å². The third-order valence-corrected chi connectivity index (χ3v) is 4.32. The first-order valence-corrected chi connectivity index (χ1v) is 7.50. The van der Waals surface area contributed by atoms with Crippen molar-refractivity contribution in [2.45, 2.75) is 39.7 Å². The van der Waals surface area contributed by atoms with Gasteiger partial charge >= 0.3 is 0 Å². The van der Waals surface area contributed by atoms with Gasteiger partial charge in [-0.05, 0) is 49.9 Å². The molecule has 2 aromatic rings. The van der Waals surface area contributed by atoms with Gasteiger partial charge in [0.25, 0.3) is 0 Å². The van der Waals surface area contributed by atoms with E-state index in [2.05, 4.69) is 42.8 Å². The Morgan fingerprint density at radius 1 is 1.30 bits per heavy atom. The van der Waals surface area contributed by atoms with Crippen LogP contribution < -0.4 is 10.6 Å². The van der Waals surface area contributed by atoms with E-state index >= 15 is 0 Å². The highest BCUT2D eigenvalue weighted by atomic mass is 15.2. The first-order valence-electron chi connectivity index (χ1n) is 7.50. The molecule has 3 nitrogen and oxygen atoms in total. The SMILES string of the molecule is Cc1cc(N2CCCC2C(C)C)c2cc(N)ccc2n1. The zero-order valence-electron chi connectivity index (χ0n) is 12.6. The molecule has 1 aromatic carbocycles. The number of nitrogen functional groups attached to an aromatic ring is 1.